The molecule has 0 aliphatic heterocycles. The lowest BCUT2D eigenvalue weighted by atomic mass is 10.2. The van der Waals surface area contributed by atoms with Crippen LogP contribution in [-0.4, -0.2) is 15.3 Å². The van der Waals surface area contributed by atoms with Crippen molar-refractivity contribution >= 4 is 35.2 Å². The Morgan fingerprint density at radius 2 is 2.12 bits per heavy atom. The van der Waals surface area contributed by atoms with E-state index in [1.54, 1.807) is 0 Å². The molecular weight excluding hydrogens is 252 g/mol. The number of fused-ring (bicyclic) bond motifs is 1. The molecule has 0 atom stereocenters. The number of hydrogen-bond donors (Lipinski definition) is 0. The quantitative estimate of drug-likeness (QED) is 0.612. The van der Waals surface area contributed by atoms with Gasteiger partial charge in [-0.3, -0.25) is 0 Å². The van der Waals surface area contributed by atoms with Gasteiger partial charge in [0.05, 0.1) is 11.0 Å². The Bertz CT molecular complexity index is 493. The van der Waals surface area contributed by atoms with Crippen LogP contribution >= 0.6 is 24.2 Å². The third kappa shape index (κ3) is 3.17. The molecule has 0 radical (unpaired) electrons. The number of benzene rings is 1. The van der Waals surface area contributed by atoms with Crippen LogP contribution < -0.4 is 0 Å². The van der Waals surface area contributed by atoms with Crippen LogP contribution in [0.1, 0.15) is 25.3 Å². The molecule has 2 nitrogen and oxygen atoms in total. The maximum Gasteiger partial charge on any atom is 0.168 e. The smallest absolute Gasteiger partial charge is 0.168 e. The molecule has 0 saturated heterocycles. The van der Waals surface area contributed by atoms with Gasteiger partial charge in [-0.15, -0.1) is 12.4 Å². The molecule has 1 aromatic carbocycles. The molecule has 0 spiro atoms. The fraction of sp³-hybridized carbons (Fsp3) is 0.462. The van der Waals surface area contributed by atoms with Gasteiger partial charge in [0.1, 0.15) is 0 Å². The van der Waals surface area contributed by atoms with Crippen molar-refractivity contribution in [1.29, 1.82) is 0 Å². The molecule has 0 amide bonds. The summed E-state index contributed by atoms with van der Waals surface area (Å²) in [4.78, 5) is 4.67. The van der Waals surface area contributed by atoms with Gasteiger partial charge in [0.2, 0.25) is 0 Å². The topological polar surface area (TPSA) is 17.8 Å². The lowest BCUT2D eigenvalue weighted by Gasteiger charge is -2.00. The van der Waals surface area contributed by atoms with Crippen LogP contribution in [-0.2, 0) is 7.05 Å². The van der Waals surface area contributed by atoms with Crippen molar-refractivity contribution in [3.8, 4) is 0 Å². The molecule has 0 unspecified atom stereocenters. The lowest BCUT2D eigenvalue weighted by Crippen LogP contribution is -1.91. The Morgan fingerprint density at radius 1 is 1.35 bits per heavy atom. The summed E-state index contributed by atoms with van der Waals surface area (Å²) in [5, 5.41) is 1.13. The summed E-state index contributed by atoms with van der Waals surface area (Å²) in [6.07, 6.45) is 2.50. The molecule has 2 rings (SSSR count). The first kappa shape index (κ1) is 14.4. The predicted molar refractivity (Wildman–Crippen MR) is 78.3 cm³/mol. The number of nitrogens with zero attached hydrogens (tertiary/aromatic N) is 2. The number of unbranched alkanes of at least 4 members (excludes halogenated alkanes) is 1. The molecule has 0 saturated carbocycles. The predicted octanol–water partition coefficient (Wildman–Crippen LogP) is 4.20. The molecule has 0 fully saturated rings. The minimum atomic E-state index is 0. The molecule has 2 aromatic rings. The second kappa shape index (κ2) is 6.31. The normalized spacial score (nSPS) is 10.5. The molecule has 4 heteroatoms. The third-order valence-corrected chi connectivity index (χ3v) is 3.84. The Morgan fingerprint density at radius 3 is 2.82 bits per heavy atom. The first-order valence-electron chi connectivity index (χ1n) is 5.78. The maximum atomic E-state index is 4.67. The van der Waals surface area contributed by atoms with Gasteiger partial charge in [0, 0.05) is 12.8 Å². The van der Waals surface area contributed by atoms with E-state index in [-0.39, 0.29) is 12.4 Å². The summed E-state index contributed by atoms with van der Waals surface area (Å²) in [6, 6.07) is 6.45. The van der Waals surface area contributed by atoms with Crippen molar-refractivity contribution in [3.05, 3.63) is 23.8 Å². The number of hydrogen-bond acceptors (Lipinski definition) is 2. The van der Waals surface area contributed by atoms with Crippen molar-refractivity contribution in [2.24, 2.45) is 7.05 Å². The standard InChI is InChI=1S/C13H18N2S.ClH/c1-4-5-8-16-13-14-11-9-10(2)6-7-12(11)15(13)3;/h6-7,9H,4-5,8H2,1-3H3;1H. The van der Waals surface area contributed by atoms with E-state index >= 15 is 0 Å². The van der Waals surface area contributed by atoms with E-state index < -0.39 is 0 Å². The summed E-state index contributed by atoms with van der Waals surface area (Å²) in [5.41, 5.74) is 3.61. The molecule has 1 heterocycles. The van der Waals surface area contributed by atoms with Crippen LogP contribution in [0.2, 0.25) is 0 Å². The van der Waals surface area contributed by atoms with E-state index in [4.69, 9.17) is 0 Å². The van der Waals surface area contributed by atoms with Crippen LogP contribution in [0.25, 0.3) is 11.0 Å². The molecule has 17 heavy (non-hydrogen) atoms. The Hall–Kier alpha value is -0.670. The van der Waals surface area contributed by atoms with Gasteiger partial charge < -0.3 is 4.57 Å². The lowest BCUT2D eigenvalue weighted by molar-refractivity contribution is 0.810. The van der Waals surface area contributed by atoms with Gasteiger partial charge in [-0.2, -0.15) is 0 Å². The third-order valence-electron chi connectivity index (χ3n) is 2.72. The summed E-state index contributed by atoms with van der Waals surface area (Å²) >= 11 is 1.86. The van der Waals surface area contributed by atoms with Crippen molar-refractivity contribution < 1.29 is 0 Å². The minimum absolute atomic E-state index is 0. The molecule has 1 aromatic heterocycles. The van der Waals surface area contributed by atoms with Gasteiger partial charge in [-0.1, -0.05) is 31.2 Å². The number of aryl methyl sites for hydroxylation is 2. The van der Waals surface area contributed by atoms with E-state index in [1.165, 1.54) is 23.9 Å². The van der Waals surface area contributed by atoms with Gasteiger partial charge in [-0.05, 0) is 31.0 Å². The summed E-state index contributed by atoms with van der Waals surface area (Å²) in [7, 11) is 2.10. The van der Waals surface area contributed by atoms with Gasteiger partial charge in [-0.25, -0.2) is 4.98 Å². The Kier molecular flexibility index (Phi) is 5.34. The monoisotopic (exact) mass is 270 g/mol. The SMILES string of the molecule is CCCCSc1nc2cc(C)ccc2n1C.Cl. The van der Waals surface area contributed by atoms with Crippen LogP contribution in [0.4, 0.5) is 0 Å². The zero-order chi connectivity index (χ0) is 11.5. The van der Waals surface area contributed by atoms with Crippen molar-refractivity contribution in [2.75, 3.05) is 5.75 Å². The van der Waals surface area contributed by atoms with E-state index in [0.29, 0.717) is 0 Å². The number of imidazole rings is 1. The highest BCUT2D eigenvalue weighted by Gasteiger charge is 2.07. The average Bonchev–Trinajstić information content (AvgIpc) is 2.56. The van der Waals surface area contributed by atoms with Crippen LogP contribution in [0, 0.1) is 6.92 Å². The highest BCUT2D eigenvalue weighted by atomic mass is 35.5. The second-order valence-corrected chi connectivity index (χ2v) is 5.21. The van der Waals surface area contributed by atoms with Gasteiger partial charge in [0.25, 0.3) is 0 Å². The minimum Gasteiger partial charge on any atom is -0.322 e. The van der Waals surface area contributed by atoms with Crippen LogP contribution in [0.3, 0.4) is 0 Å². The second-order valence-electron chi connectivity index (χ2n) is 4.15. The number of halogens is 1. The summed E-state index contributed by atoms with van der Waals surface area (Å²) in [6.45, 7) is 4.33. The van der Waals surface area contributed by atoms with E-state index in [0.717, 1.165) is 16.4 Å². The van der Waals surface area contributed by atoms with E-state index in [9.17, 15) is 0 Å². The first-order valence-corrected chi connectivity index (χ1v) is 6.77. The van der Waals surface area contributed by atoms with Gasteiger partial charge in [0.15, 0.2) is 5.16 Å². The zero-order valence-corrected chi connectivity index (χ0v) is 12.2. The van der Waals surface area contributed by atoms with Crippen LogP contribution in [0.5, 0.6) is 0 Å². The molecule has 0 bridgehead atoms. The van der Waals surface area contributed by atoms with Crippen molar-refractivity contribution in [2.45, 2.75) is 31.8 Å². The Balaban J connectivity index is 0.00000144. The molecule has 0 aliphatic rings. The highest BCUT2D eigenvalue weighted by Crippen LogP contribution is 2.24. The van der Waals surface area contributed by atoms with Gasteiger partial charge >= 0.3 is 0 Å². The zero-order valence-electron chi connectivity index (χ0n) is 10.6. The fourth-order valence-electron chi connectivity index (χ4n) is 1.72. The molecule has 0 N–H and O–H groups in total. The number of rotatable bonds is 4. The summed E-state index contributed by atoms with van der Waals surface area (Å²) in [5.74, 6) is 1.16. The van der Waals surface area contributed by atoms with Crippen molar-refractivity contribution in [1.82, 2.24) is 9.55 Å². The highest BCUT2D eigenvalue weighted by molar-refractivity contribution is 7.99. The van der Waals surface area contributed by atoms with E-state index in [2.05, 4.69) is 48.6 Å². The number of aromatic nitrogens is 2. The maximum absolute atomic E-state index is 4.67. The molecule has 94 valence electrons. The largest absolute Gasteiger partial charge is 0.322 e. The van der Waals surface area contributed by atoms with Crippen LogP contribution in [0.15, 0.2) is 23.4 Å². The fourth-order valence-corrected chi connectivity index (χ4v) is 2.80. The molecule has 0 aliphatic carbocycles. The Labute approximate surface area is 113 Å². The molecular formula is C13H19ClN2S. The average molecular weight is 271 g/mol. The van der Waals surface area contributed by atoms with E-state index in [1.807, 2.05) is 11.8 Å². The van der Waals surface area contributed by atoms with Crippen molar-refractivity contribution in [3.63, 3.8) is 0 Å². The summed E-state index contributed by atoms with van der Waals surface area (Å²) < 4.78 is 2.19. The first-order chi connectivity index (χ1) is 7.72. The number of thioether (sulfide) groups is 1.